The van der Waals surface area contributed by atoms with Gasteiger partial charge in [0, 0.05) is 5.39 Å². The average Bonchev–Trinajstić information content (AvgIpc) is 3.21. The Hall–Kier alpha value is -3.49. The summed E-state index contributed by atoms with van der Waals surface area (Å²) in [6, 6.07) is 3.51. The van der Waals surface area contributed by atoms with Crippen molar-refractivity contribution in [3.8, 4) is 0 Å². The summed E-state index contributed by atoms with van der Waals surface area (Å²) in [6.07, 6.45) is 4.81. The first kappa shape index (κ1) is 14.1. The van der Waals surface area contributed by atoms with Crippen LogP contribution in [0.4, 0.5) is 11.6 Å². The number of hydrogen-bond donors (Lipinski definition) is 3. The van der Waals surface area contributed by atoms with Crippen LogP contribution in [0.1, 0.15) is 17.4 Å². The Balaban J connectivity index is 1.71. The summed E-state index contributed by atoms with van der Waals surface area (Å²) in [6.45, 7) is 2.06. The lowest BCUT2D eigenvalue weighted by Crippen LogP contribution is -2.04. The number of aromatic nitrogens is 6. The van der Waals surface area contributed by atoms with Gasteiger partial charge in [-0.1, -0.05) is 0 Å². The highest BCUT2D eigenvalue weighted by atomic mass is 16.5. The Bertz CT molecular complexity index is 1040. The summed E-state index contributed by atoms with van der Waals surface area (Å²) < 4.78 is 4.99. The normalized spacial score (nSPS) is 11.0. The smallest absolute Gasteiger partial charge is 0.354 e. The molecule has 24 heavy (non-hydrogen) atoms. The number of rotatable bonds is 4. The molecule has 0 unspecified atom stereocenters. The topological polar surface area (TPSA) is 121 Å². The molecule has 0 radical (unpaired) electrons. The van der Waals surface area contributed by atoms with Crippen molar-refractivity contribution < 1.29 is 9.53 Å². The van der Waals surface area contributed by atoms with Crippen LogP contribution in [0.5, 0.6) is 0 Å². The lowest BCUT2D eigenvalue weighted by molar-refractivity contribution is 0.0520. The number of nitrogens with zero attached hydrogens (tertiary/aromatic N) is 4. The van der Waals surface area contributed by atoms with Gasteiger partial charge in [0.25, 0.3) is 0 Å². The van der Waals surface area contributed by atoms with E-state index in [0.29, 0.717) is 35.0 Å². The van der Waals surface area contributed by atoms with Crippen LogP contribution in [0.2, 0.25) is 0 Å². The summed E-state index contributed by atoms with van der Waals surface area (Å²) in [7, 11) is 0. The number of carbonyl (C=O) groups is 1. The van der Waals surface area contributed by atoms with Gasteiger partial charge in [-0.25, -0.2) is 19.7 Å². The van der Waals surface area contributed by atoms with E-state index in [1.807, 2.05) is 6.07 Å². The van der Waals surface area contributed by atoms with Gasteiger partial charge in [0.1, 0.15) is 29.3 Å². The molecule has 0 spiro atoms. The Morgan fingerprint density at radius 2 is 2.17 bits per heavy atom. The van der Waals surface area contributed by atoms with Gasteiger partial charge in [0.05, 0.1) is 29.9 Å². The molecule has 120 valence electrons. The molecule has 0 atom stereocenters. The van der Waals surface area contributed by atoms with Crippen LogP contribution in [0, 0.1) is 0 Å². The molecular formula is C15H13N7O2. The fourth-order valence-corrected chi connectivity index (χ4v) is 2.39. The fraction of sp³-hybridized carbons (Fsp3) is 0.133. The second kappa shape index (κ2) is 5.61. The van der Waals surface area contributed by atoms with Crippen LogP contribution in [0.15, 0.2) is 30.9 Å². The molecule has 0 aliphatic carbocycles. The van der Waals surface area contributed by atoms with Crippen molar-refractivity contribution in [1.82, 2.24) is 30.1 Å². The van der Waals surface area contributed by atoms with Crippen molar-refractivity contribution in [2.45, 2.75) is 6.92 Å². The lowest BCUT2D eigenvalue weighted by Gasteiger charge is -2.05. The number of hydrogen-bond acceptors (Lipinski definition) is 7. The SMILES string of the molecule is CCOC(=O)c1cc2c(Nc3cc4cn[nH]c4cn3)ncnc2[nH]1. The molecule has 0 aromatic carbocycles. The van der Waals surface area contributed by atoms with Crippen LogP contribution >= 0.6 is 0 Å². The third-order valence-corrected chi connectivity index (χ3v) is 3.49. The molecule has 4 rings (SSSR count). The predicted molar refractivity (Wildman–Crippen MR) is 87.0 cm³/mol. The Labute approximate surface area is 135 Å². The van der Waals surface area contributed by atoms with E-state index in [2.05, 4.69) is 35.5 Å². The van der Waals surface area contributed by atoms with Crippen LogP contribution in [-0.4, -0.2) is 42.7 Å². The zero-order valence-corrected chi connectivity index (χ0v) is 12.7. The molecule has 4 aromatic rings. The molecule has 9 heteroatoms. The number of anilines is 2. The molecule has 9 nitrogen and oxygen atoms in total. The Kier molecular flexibility index (Phi) is 3.30. The van der Waals surface area contributed by atoms with Gasteiger partial charge in [-0.05, 0) is 19.1 Å². The Morgan fingerprint density at radius 3 is 3.04 bits per heavy atom. The summed E-state index contributed by atoms with van der Waals surface area (Å²) >= 11 is 0. The number of nitrogens with one attached hydrogen (secondary N) is 3. The van der Waals surface area contributed by atoms with Gasteiger partial charge in [-0.2, -0.15) is 5.10 Å². The fourth-order valence-electron chi connectivity index (χ4n) is 2.39. The predicted octanol–water partition coefficient (Wildman–Crippen LogP) is 2.15. The minimum absolute atomic E-state index is 0.305. The van der Waals surface area contributed by atoms with Gasteiger partial charge in [-0.15, -0.1) is 0 Å². The lowest BCUT2D eigenvalue weighted by atomic mass is 10.3. The maximum absolute atomic E-state index is 11.9. The quantitative estimate of drug-likeness (QED) is 0.492. The first-order valence-electron chi connectivity index (χ1n) is 7.31. The number of carbonyl (C=O) groups excluding carboxylic acids is 1. The van der Waals surface area contributed by atoms with Crippen molar-refractivity contribution >= 4 is 39.5 Å². The molecule has 0 amide bonds. The summed E-state index contributed by atoms with van der Waals surface area (Å²) in [5, 5.41) is 11.6. The number of ether oxygens (including phenoxy) is 1. The third kappa shape index (κ3) is 2.41. The summed E-state index contributed by atoms with van der Waals surface area (Å²) in [5.41, 5.74) is 1.72. The molecule has 0 saturated carbocycles. The van der Waals surface area contributed by atoms with Crippen molar-refractivity contribution in [3.05, 3.63) is 36.5 Å². The Morgan fingerprint density at radius 1 is 1.25 bits per heavy atom. The van der Waals surface area contributed by atoms with E-state index in [9.17, 15) is 4.79 Å². The zero-order chi connectivity index (χ0) is 16.5. The maximum atomic E-state index is 11.9. The minimum atomic E-state index is -0.431. The molecule has 4 heterocycles. The van der Waals surface area contributed by atoms with E-state index >= 15 is 0 Å². The average molecular weight is 323 g/mol. The second-order valence-electron chi connectivity index (χ2n) is 5.04. The highest BCUT2D eigenvalue weighted by molar-refractivity contribution is 5.98. The summed E-state index contributed by atoms with van der Waals surface area (Å²) in [5.74, 6) is 0.726. The number of H-pyrrole nitrogens is 2. The molecule has 0 aliphatic heterocycles. The standard InChI is InChI=1S/C15H13N7O2/c1-2-24-15(23)10-4-9-13(20-10)17-7-18-14(9)21-12-3-8-5-19-22-11(8)6-16-12/h3-7H,2H2,1H3,(H,19,22)(H2,16,17,18,20,21). The van der Waals surface area contributed by atoms with E-state index in [-0.39, 0.29) is 0 Å². The van der Waals surface area contributed by atoms with Crippen molar-refractivity contribution in [3.63, 3.8) is 0 Å². The van der Waals surface area contributed by atoms with Gasteiger partial charge in [0.15, 0.2) is 0 Å². The van der Waals surface area contributed by atoms with Crippen LogP contribution in [0.25, 0.3) is 21.9 Å². The molecule has 0 fully saturated rings. The van der Waals surface area contributed by atoms with E-state index in [4.69, 9.17) is 4.74 Å². The van der Waals surface area contributed by atoms with E-state index in [1.165, 1.54) is 6.33 Å². The van der Waals surface area contributed by atoms with Gasteiger partial charge < -0.3 is 15.0 Å². The number of aromatic amines is 2. The van der Waals surface area contributed by atoms with Crippen molar-refractivity contribution in [2.24, 2.45) is 0 Å². The first-order valence-corrected chi connectivity index (χ1v) is 7.31. The van der Waals surface area contributed by atoms with Crippen molar-refractivity contribution in [1.29, 1.82) is 0 Å². The molecule has 4 aromatic heterocycles. The van der Waals surface area contributed by atoms with Crippen LogP contribution in [-0.2, 0) is 4.74 Å². The molecule has 3 N–H and O–H groups in total. The molecule has 0 saturated heterocycles. The van der Waals surface area contributed by atoms with Gasteiger partial charge in [0.2, 0.25) is 0 Å². The van der Waals surface area contributed by atoms with E-state index in [0.717, 1.165) is 10.9 Å². The monoisotopic (exact) mass is 323 g/mol. The van der Waals surface area contributed by atoms with Crippen LogP contribution < -0.4 is 5.32 Å². The van der Waals surface area contributed by atoms with E-state index < -0.39 is 5.97 Å². The highest BCUT2D eigenvalue weighted by Crippen LogP contribution is 2.24. The zero-order valence-electron chi connectivity index (χ0n) is 12.7. The second-order valence-corrected chi connectivity index (χ2v) is 5.04. The summed E-state index contributed by atoms with van der Waals surface area (Å²) in [4.78, 5) is 27.5. The molecule has 0 aliphatic rings. The highest BCUT2D eigenvalue weighted by Gasteiger charge is 2.14. The molecule has 0 bridgehead atoms. The van der Waals surface area contributed by atoms with Crippen molar-refractivity contribution in [2.75, 3.05) is 11.9 Å². The number of fused-ring (bicyclic) bond motifs is 2. The third-order valence-electron chi connectivity index (χ3n) is 3.49. The number of pyridine rings is 1. The largest absolute Gasteiger partial charge is 0.461 e. The first-order chi connectivity index (χ1) is 11.7. The molecular weight excluding hydrogens is 310 g/mol. The minimum Gasteiger partial charge on any atom is -0.461 e. The number of esters is 1. The van der Waals surface area contributed by atoms with Crippen LogP contribution in [0.3, 0.4) is 0 Å². The van der Waals surface area contributed by atoms with E-state index in [1.54, 1.807) is 25.4 Å². The van der Waals surface area contributed by atoms with Gasteiger partial charge >= 0.3 is 5.97 Å². The van der Waals surface area contributed by atoms with Gasteiger partial charge in [-0.3, -0.25) is 5.10 Å². The maximum Gasteiger partial charge on any atom is 0.354 e.